The molecule has 14 nitrogen and oxygen atoms in total. The van der Waals surface area contributed by atoms with Crippen LogP contribution >= 0.6 is 0 Å². The van der Waals surface area contributed by atoms with Crippen molar-refractivity contribution in [1.29, 1.82) is 0 Å². The van der Waals surface area contributed by atoms with Crippen LogP contribution in [0.4, 0.5) is 4.79 Å². The number of unbranched alkanes of at least 4 members (excludes halogenated alkanes) is 3. The van der Waals surface area contributed by atoms with Crippen LogP contribution in [-0.4, -0.2) is 88.0 Å². The van der Waals surface area contributed by atoms with Gasteiger partial charge < -0.3 is 42.6 Å². The van der Waals surface area contributed by atoms with Gasteiger partial charge in [0.1, 0.15) is 35.6 Å². The first-order chi connectivity index (χ1) is 25.2. The predicted molar refractivity (Wildman–Crippen MR) is 180 cm³/mol. The van der Waals surface area contributed by atoms with Crippen molar-refractivity contribution in [2.75, 3.05) is 33.5 Å². The summed E-state index contributed by atoms with van der Waals surface area (Å²) < 4.78 is 48.2. The molecule has 3 aromatic rings. The van der Waals surface area contributed by atoms with E-state index in [-0.39, 0.29) is 59.4 Å². The third-order valence-corrected chi connectivity index (χ3v) is 8.09. The van der Waals surface area contributed by atoms with E-state index < -0.39 is 42.2 Å². The summed E-state index contributed by atoms with van der Waals surface area (Å²) >= 11 is 0. The van der Waals surface area contributed by atoms with Gasteiger partial charge >= 0.3 is 30.0 Å². The summed E-state index contributed by atoms with van der Waals surface area (Å²) in [5, 5.41) is 0. The molecule has 0 N–H and O–H groups in total. The molecule has 2 aliphatic heterocycles. The van der Waals surface area contributed by atoms with Gasteiger partial charge in [0.2, 0.25) is 0 Å². The number of carbonyl (C=O) groups excluding carboxylic acids is 5. The second kappa shape index (κ2) is 18.6. The molecule has 2 unspecified atom stereocenters. The minimum absolute atomic E-state index is 0.169. The van der Waals surface area contributed by atoms with Crippen molar-refractivity contribution in [3.63, 3.8) is 0 Å². The highest BCUT2D eigenvalue weighted by Crippen LogP contribution is 2.31. The van der Waals surface area contributed by atoms with Gasteiger partial charge in [0.05, 0.1) is 43.1 Å². The quantitative estimate of drug-likeness (QED) is 0.0469. The highest BCUT2D eigenvalue weighted by molar-refractivity contribution is 5.93. The van der Waals surface area contributed by atoms with E-state index in [4.69, 9.17) is 42.6 Å². The predicted octanol–water partition coefficient (Wildman–Crippen LogP) is 5.27. The number of hydrogen-bond donors (Lipinski definition) is 0. The van der Waals surface area contributed by atoms with Crippen LogP contribution in [-0.2, 0) is 33.2 Å². The summed E-state index contributed by atoms with van der Waals surface area (Å²) in [6, 6.07) is 17.4. The molecule has 5 rings (SSSR count). The number of methoxy groups -OCH3 is 1. The third kappa shape index (κ3) is 10.5. The van der Waals surface area contributed by atoms with Gasteiger partial charge in [-0.05, 0) is 98.5 Å². The van der Waals surface area contributed by atoms with Crippen molar-refractivity contribution >= 4 is 30.0 Å². The maximum Gasteiger partial charge on any atom is 0.513 e. The van der Waals surface area contributed by atoms with E-state index in [1.165, 1.54) is 72.8 Å². The molecular weight excluding hydrogens is 680 g/mol. The highest BCUT2D eigenvalue weighted by atomic mass is 16.7. The maximum atomic E-state index is 12.7. The number of ether oxygens (including phenoxy) is 9. The molecule has 0 radical (unpaired) electrons. The molecule has 0 aliphatic carbocycles. The molecule has 0 aromatic heterocycles. The van der Waals surface area contributed by atoms with Crippen LogP contribution in [0.1, 0.15) is 56.8 Å². The molecule has 3 aromatic carbocycles. The largest absolute Gasteiger partial charge is 0.513 e. The molecule has 52 heavy (non-hydrogen) atoms. The van der Waals surface area contributed by atoms with Gasteiger partial charge in [0.25, 0.3) is 0 Å². The molecule has 2 heterocycles. The smallest absolute Gasteiger partial charge is 0.463 e. The fourth-order valence-electron chi connectivity index (χ4n) is 5.32. The summed E-state index contributed by atoms with van der Waals surface area (Å²) in [4.78, 5) is 61.0. The zero-order chi connectivity index (χ0) is 36.9. The monoisotopic (exact) mass is 718 g/mol. The SMILES string of the molecule is C=CC(=O)OCCCCCCOC(=O)Oc1ccc(C(=O)Oc2ccc(C(=O)Oc3ccc(C(=O)O[C@H]4COC5C4OC[C@@H]5OC)cc3)cc2)cc1. The molecule has 0 spiro atoms. The van der Waals surface area contributed by atoms with Crippen LogP contribution in [0.2, 0.25) is 0 Å². The van der Waals surface area contributed by atoms with E-state index in [9.17, 15) is 24.0 Å². The van der Waals surface area contributed by atoms with Gasteiger partial charge in [-0.3, -0.25) is 0 Å². The van der Waals surface area contributed by atoms with Crippen LogP contribution < -0.4 is 14.2 Å². The average Bonchev–Trinajstić information content (AvgIpc) is 3.76. The minimum atomic E-state index is -0.875. The summed E-state index contributed by atoms with van der Waals surface area (Å²) in [5.74, 6) is -1.77. The number of fused-ring (bicyclic) bond motifs is 1. The summed E-state index contributed by atoms with van der Waals surface area (Å²) in [6.45, 7) is 4.39. The second-order valence-electron chi connectivity index (χ2n) is 11.7. The molecule has 2 aliphatic rings. The average molecular weight is 719 g/mol. The molecule has 2 fully saturated rings. The Bertz CT molecular complexity index is 1700. The van der Waals surface area contributed by atoms with Crippen molar-refractivity contribution in [2.45, 2.75) is 50.1 Å². The van der Waals surface area contributed by atoms with Gasteiger partial charge in [-0.15, -0.1) is 0 Å². The molecular formula is C38H38O14. The lowest BCUT2D eigenvalue weighted by Crippen LogP contribution is -2.34. The van der Waals surface area contributed by atoms with Gasteiger partial charge in [0.15, 0.2) is 6.10 Å². The van der Waals surface area contributed by atoms with Crippen LogP contribution in [0.15, 0.2) is 85.5 Å². The molecule has 0 bridgehead atoms. The zero-order valence-corrected chi connectivity index (χ0v) is 28.4. The number of benzene rings is 3. The van der Waals surface area contributed by atoms with Crippen molar-refractivity contribution in [3.8, 4) is 17.2 Å². The summed E-state index contributed by atoms with van der Waals surface area (Å²) in [7, 11) is 1.58. The Morgan fingerprint density at radius 2 is 1.06 bits per heavy atom. The Morgan fingerprint density at radius 1 is 0.615 bits per heavy atom. The van der Waals surface area contributed by atoms with Crippen molar-refractivity contribution < 1.29 is 66.6 Å². The lowest BCUT2D eigenvalue weighted by atomic mass is 10.1. The number of rotatable bonds is 16. The summed E-state index contributed by atoms with van der Waals surface area (Å²) in [6.07, 6.45) is 1.71. The first-order valence-electron chi connectivity index (χ1n) is 16.6. The molecule has 0 amide bonds. The third-order valence-electron chi connectivity index (χ3n) is 8.09. The Balaban J connectivity index is 1.00. The van der Waals surface area contributed by atoms with Crippen molar-refractivity contribution in [2.24, 2.45) is 0 Å². The van der Waals surface area contributed by atoms with Crippen LogP contribution in [0.3, 0.4) is 0 Å². The molecule has 4 atom stereocenters. The van der Waals surface area contributed by atoms with Crippen LogP contribution in [0.25, 0.3) is 0 Å². The van der Waals surface area contributed by atoms with Crippen molar-refractivity contribution in [1.82, 2.24) is 0 Å². The lowest BCUT2D eigenvalue weighted by Gasteiger charge is -2.16. The van der Waals surface area contributed by atoms with E-state index >= 15 is 0 Å². The van der Waals surface area contributed by atoms with Gasteiger partial charge in [0, 0.05) is 13.2 Å². The first kappa shape index (κ1) is 37.7. The Labute approximate surface area is 299 Å². The number of hydrogen-bond acceptors (Lipinski definition) is 14. The lowest BCUT2D eigenvalue weighted by molar-refractivity contribution is -0.137. The molecule has 274 valence electrons. The molecule has 0 saturated carbocycles. The fraction of sp³-hybridized carbons (Fsp3) is 0.342. The number of esters is 4. The number of carbonyl (C=O) groups is 5. The van der Waals surface area contributed by atoms with E-state index in [2.05, 4.69) is 6.58 Å². The van der Waals surface area contributed by atoms with E-state index in [0.29, 0.717) is 26.1 Å². The van der Waals surface area contributed by atoms with E-state index in [1.54, 1.807) is 7.11 Å². The van der Waals surface area contributed by atoms with Gasteiger partial charge in [-0.2, -0.15) is 0 Å². The fourth-order valence-corrected chi connectivity index (χ4v) is 5.32. The van der Waals surface area contributed by atoms with Crippen molar-refractivity contribution in [3.05, 3.63) is 102 Å². The van der Waals surface area contributed by atoms with E-state index in [1.807, 2.05) is 0 Å². The summed E-state index contributed by atoms with van der Waals surface area (Å²) in [5.41, 5.74) is 0.662. The Hall–Kier alpha value is -5.57. The molecule has 2 saturated heterocycles. The molecule has 14 heteroatoms. The maximum absolute atomic E-state index is 12.7. The standard InChI is InChI=1S/C38H38O14/c1-3-32(39)45-20-6-4-5-7-21-46-38(43)51-29-18-12-25(13-19-29)36(41)49-27-14-8-24(9-15-27)35(40)50-28-16-10-26(11-17-28)37(42)52-31-23-48-33-30(44-2)22-47-34(31)33/h3,8-19,30-31,33-34H,1,4-7,20-23H2,2H3/t30-,31-,33?,34?/m0/s1. The normalized spacial score (nSPS) is 18.8. The highest BCUT2D eigenvalue weighted by Gasteiger charge is 2.49. The van der Waals surface area contributed by atoms with E-state index in [0.717, 1.165) is 18.9 Å². The van der Waals surface area contributed by atoms with Crippen LogP contribution in [0.5, 0.6) is 17.2 Å². The minimum Gasteiger partial charge on any atom is -0.463 e. The second-order valence-corrected chi connectivity index (χ2v) is 11.7. The Morgan fingerprint density at radius 3 is 1.56 bits per heavy atom. The first-order valence-corrected chi connectivity index (χ1v) is 16.6. The van der Waals surface area contributed by atoms with Gasteiger partial charge in [-0.1, -0.05) is 6.58 Å². The topological polar surface area (TPSA) is 168 Å². The van der Waals surface area contributed by atoms with Gasteiger partial charge in [-0.25, -0.2) is 24.0 Å². The zero-order valence-electron chi connectivity index (χ0n) is 28.4. The van der Waals surface area contributed by atoms with Crippen LogP contribution in [0, 0.1) is 0 Å². The Kier molecular flexibility index (Phi) is 13.5.